The van der Waals surface area contributed by atoms with Gasteiger partial charge in [0.05, 0.1) is 0 Å². The number of hydrogen-bond donors (Lipinski definition) is 1. The fourth-order valence-electron chi connectivity index (χ4n) is 1.24. The lowest BCUT2D eigenvalue weighted by Gasteiger charge is -2.11. The van der Waals surface area contributed by atoms with Crippen molar-refractivity contribution in [3.8, 4) is 0 Å². The fraction of sp³-hybridized carbons (Fsp3) is 0.182. The monoisotopic (exact) mass is 325 g/mol. The maximum atomic E-state index is 5.67. The van der Waals surface area contributed by atoms with Crippen molar-refractivity contribution in [1.82, 2.24) is 15.0 Å². The molecule has 0 bridgehead atoms. The first-order valence-electron chi connectivity index (χ1n) is 5.17. The largest absolute Gasteiger partial charge is 0.368 e. The Hall–Kier alpha value is -1.34. The standard InChI is InChI=1S/C11H12BrN5S/c1-17(2)10-14-9(13)15-11(16-10)18-8-5-3-4-7(12)6-8/h3-6H,1-2H3,(H2,13,14,15,16). The number of nitrogens with two attached hydrogens (primary N) is 1. The highest BCUT2D eigenvalue weighted by Crippen LogP contribution is 2.27. The van der Waals surface area contributed by atoms with Crippen molar-refractivity contribution in [3.63, 3.8) is 0 Å². The minimum atomic E-state index is 0.228. The van der Waals surface area contributed by atoms with E-state index in [9.17, 15) is 0 Å². The molecule has 0 saturated heterocycles. The number of benzene rings is 1. The third-order valence-corrected chi connectivity index (χ3v) is 3.37. The van der Waals surface area contributed by atoms with Crippen LogP contribution < -0.4 is 10.6 Å². The van der Waals surface area contributed by atoms with Gasteiger partial charge in [0.25, 0.3) is 0 Å². The molecule has 0 aliphatic rings. The second-order valence-corrected chi connectivity index (χ2v) is 5.69. The van der Waals surface area contributed by atoms with Crippen molar-refractivity contribution in [1.29, 1.82) is 0 Å². The van der Waals surface area contributed by atoms with Gasteiger partial charge in [0, 0.05) is 23.5 Å². The van der Waals surface area contributed by atoms with E-state index in [1.807, 2.05) is 38.4 Å². The molecule has 7 heteroatoms. The Bertz CT molecular complexity index is 561. The van der Waals surface area contributed by atoms with Crippen molar-refractivity contribution in [2.24, 2.45) is 0 Å². The molecular weight excluding hydrogens is 314 g/mol. The highest BCUT2D eigenvalue weighted by molar-refractivity contribution is 9.10. The van der Waals surface area contributed by atoms with Gasteiger partial charge in [-0.05, 0) is 30.0 Å². The summed E-state index contributed by atoms with van der Waals surface area (Å²) in [7, 11) is 3.73. The first-order valence-corrected chi connectivity index (χ1v) is 6.78. The second-order valence-electron chi connectivity index (χ2n) is 3.73. The second kappa shape index (κ2) is 5.53. The molecule has 0 spiro atoms. The molecule has 0 aliphatic heterocycles. The molecule has 5 nitrogen and oxygen atoms in total. The number of hydrogen-bond acceptors (Lipinski definition) is 6. The van der Waals surface area contributed by atoms with Crippen LogP contribution in [-0.2, 0) is 0 Å². The molecule has 18 heavy (non-hydrogen) atoms. The quantitative estimate of drug-likeness (QED) is 0.934. The minimum absolute atomic E-state index is 0.228. The van der Waals surface area contributed by atoms with Crippen molar-refractivity contribution < 1.29 is 0 Å². The molecule has 2 rings (SSSR count). The van der Waals surface area contributed by atoms with Gasteiger partial charge in [-0.2, -0.15) is 15.0 Å². The average molecular weight is 326 g/mol. The predicted molar refractivity (Wildman–Crippen MR) is 76.8 cm³/mol. The molecule has 0 atom stereocenters. The van der Waals surface area contributed by atoms with Gasteiger partial charge in [-0.3, -0.25) is 0 Å². The molecule has 1 heterocycles. The van der Waals surface area contributed by atoms with Crippen LogP contribution in [0.1, 0.15) is 0 Å². The van der Waals surface area contributed by atoms with Crippen molar-refractivity contribution in [2.45, 2.75) is 10.1 Å². The van der Waals surface area contributed by atoms with Gasteiger partial charge in [0.2, 0.25) is 11.9 Å². The Labute approximate surface area is 118 Å². The molecular formula is C11H12BrN5S. The lowest BCUT2D eigenvalue weighted by atomic mass is 10.4. The Balaban J connectivity index is 2.29. The Morgan fingerprint density at radius 3 is 2.67 bits per heavy atom. The molecule has 0 saturated carbocycles. The van der Waals surface area contributed by atoms with Crippen LogP contribution in [-0.4, -0.2) is 29.0 Å². The third kappa shape index (κ3) is 3.33. The van der Waals surface area contributed by atoms with Crippen LogP contribution in [0.5, 0.6) is 0 Å². The third-order valence-electron chi connectivity index (χ3n) is 2.03. The normalized spacial score (nSPS) is 10.4. The van der Waals surface area contributed by atoms with Gasteiger partial charge in [-0.1, -0.05) is 22.0 Å². The zero-order valence-electron chi connectivity index (χ0n) is 9.96. The van der Waals surface area contributed by atoms with E-state index >= 15 is 0 Å². The van der Waals surface area contributed by atoms with Gasteiger partial charge < -0.3 is 10.6 Å². The molecule has 0 unspecified atom stereocenters. The lowest BCUT2D eigenvalue weighted by Crippen LogP contribution is -2.15. The van der Waals surface area contributed by atoms with E-state index in [2.05, 4.69) is 30.9 Å². The highest BCUT2D eigenvalue weighted by atomic mass is 79.9. The summed E-state index contributed by atoms with van der Waals surface area (Å²) < 4.78 is 1.02. The van der Waals surface area contributed by atoms with Gasteiger partial charge in [0.1, 0.15) is 0 Å². The van der Waals surface area contributed by atoms with E-state index in [1.54, 1.807) is 4.90 Å². The van der Waals surface area contributed by atoms with E-state index in [1.165, 1.54) is 11.8 Å². The van der Waals surface area contributed by atoms with Gasteiger partial charge in [0.15, 0.2) is 5.16 Å². The van der Waals surface area contributed by atoms with E-state index in [4.69, 9.17) is 5.73 Å². The van der Waals surface area contributed by atoms with Crippen LogP contribution in [0.15, 0.2) is 38.8 Å². The van der Waals surface area contributed by atoms with E-state index in [0.717, 1.165) is 9.37 Å². The number of halogens is 1. The predicted octanol–water partition coefficient (Wildman–Crippen LogP) is 2.43. The molecule has 0 fully saturated rings. The van der Waals surface area contributed by atoms with E-state index in [0.29, 0.717) is 11.1 Å². The Morgan fingerprint density at radius 1 is 1.22 bits per heavy atom. The Morgan fingerprint density at radius 2 is 2.00 bits per heavy atom. The van der Waals surface area contributed by atoms with Crippen molar-refractivity contribution >= 4 is 39.6 Å². The number of aromatic nitrogens is 3. The maximum Gasteiger partial charge on any atom is 0.230 e. The van der Waals surface area contributed by atoms with Gasteiger partial charge in [-0.25, -0.2) is 0 Å². The number of nitrogens with zero attached hydrogens (tertiary/aromatic N) is 4. The summed E-state index contributed by atoms with van der Waals surface area (Å²) in [6.45, 7) is 0. The van der Waals surface area contributed by atoms with Crippen molar-refractivity contribution in [3.05, 3.63) is 28.7 Å². The SMILES string of the molecule is CN(C)c1nc(N)nc(Sc2cccc(Br)c2)n1. The number of anilines is 2. The van der Waals surface area contributed by atoms with Crippen LogP contribution in [0.3, 0.4) is 0 Å². The lowest BCUT2D eigenvalue weighted by molar-refractivity contribution is 0.876. The molecule has 2 N–H and O–H groups in total. The summed E-state index contributed by atoms with van der Waals surface area (Å²) in [4.78, 5) is 15.3. The Kier molecular flexibility index (Phi) is 4.03. The minimum Gasteiger partial charge on any atom is -0.368 e. The molecule has 1 aromatic heterocycles. The number of rotatable bonds is 3. The summed E-state index contributed by atoms with van der Waals surface area (Å²) in [6.07, 6.45) is 0. The zero-order chi connectivity index (χ0) is 13.1. The van der Waals surface area contributed by atoms with Crippen LogP contribution in [0.25, 0.3) is 0 Å². The smallest absolute Gasteiger partial charge is 0.230 e. The summed E-state index contributed by atoms with van der Waals surface area (Å²) in [5, 5.41) is 0.587. The first kappa shape index (κ1) is 13.1. The summed E-state index contributed by atoms with van der Waals surface area (Å²) in [6, 6.07) is 7.92. The molecule has 0 aliphatic carbocycles. The fourth-order valence-corrected chi connectivity index (χ4v) is 2.60. The highest BCUT2D eigenvalue weighted by Gasteiger charge is 2.07. The summed E-state index contributed by atoms with van der Waals surface area (Å²) >= 11 is 4.88. The topological polar surface area (TPSA) is 67.9 Å². The van der Waals surface area contributed by atoms with Gasteiger partial charge >= 0.3 is 0 Å². The first-order chi connectivity index (χ1) is 8.54. The van der Waals surface area contributed by atoms with Crippen LogP contribution >= 0.6 is 27.7 Å². The van der Waals surface area contributed by atoms with Crippen LogP contribution in [0.2, 0.25) is 0 Å². The molecule has 94 valence electrons. The summed E-state index contributed by atoms with van der Waals surface area (Å²) in [5.41, 5.74) is 5.67. The molecule has 1 aromatic carbocycles. The molecule has 0 amide bonds. The summed E-state index contributed by atoms with van der Waals surface area (Å²) in [5.74, 6) is 0.784. The number of nitrogen functional groups attached to an aromatic ring is 1. The van der Waals surface area contributed by atoms with Crippen molar-refractivity contribution in [2.75, 3.05) is 24.7 Å². The average Bonchev–Trinajstić information content (AvgIpc) is 2.28. The molecule has 0 radical (unpaired) electrons. The van der Waals surface area contributed by atoms with Crippen LogP contribution in [0, 0.1) is 0 Å². The zero-order valence-corrected chi connectivity index (χ0v) is 12.4. The molecule has 2 aromatic rings. The van der Waals surface area contributed by atoms with E-state index < -0.39 is 0 Å². The van der Waals surface area contributed by atoms with E-state index in [-0.39, 0.29) is 5.95 Å². The maximum absolute atomic E-state index is 5.67. The van der Waals surface area contributed by atoms with Crippen LogP contribution in [0.4, 0.5) is 11.9 Å². The van der Waals surface area contributed by atoms with Gasteiger partial charge in [-0.15, -0.1) is 0 Å².